The van der Waals surface area contributed by atoms with Gasteiger partial charge in [0.15, 0.2) is 11.0 Å². The van der Waals surface area contributed by atoms with E-state index in [0.29, 0.717) is 12.6 Å². The van der Waals surface area contributed by atoms with Crippen LogP contribution in [0.3, 0.4) is 0 Å². The Hall–Kier alpha value is -1.04. The van der Waals surface area contributed by atoms with Gasteiger partial charge < -0.3 is 5.32 Å². The maximum atomic E-state index is 4.44. The number of hydrogen-bond acceptors (Lipinski definition) is 4. The minimum Gasteiger partial charge on any atom is -0.361 e. The molecule has 1 aromatic heterocycles. The minimum absolute atomic E-state index is 0.562. The molecule has 0 spiro atoms. The Bertz CT molecular complexity index is 359. The van der Waals surface area contributed by atoms with E-state index in [-0.39, 0.29) is 0 Å². The van der Waals surface area contributed by atoms with Crippen molar-refractivity contribution in [2.24, 2.45) is 12.0 Å². The summed E-state index contributed by atoms with van der Waals surface area (Å²) in [4.78, 5) is 8.56. The highest BCUT2D eigenvalue weighted by atomic mass is 32.2. The van der Waals surface area contributed by atoms with E-state index in [4.69, 9.17) is 0 Å². The lowest BCUT2D eigenvalue weighted by atomic mass is 10.3. The van der Waals surface area contributed by atoms with E-state index in [1.807, 2.05) is 7.05 Å². The molecule has 82 valence electrons. The molecule has 1 saturated heterocycles. The maximum Gasteiger partial charge on any atom is 0.172 e. The van der Waals surface area contributed by atoms with Gasteiger partial charge in [0.05, 0.1) is 0 Å². The zero-order chi connectivity index (χ0) is 10.7. The van der Waals surface area contributed by atoms with Gasteiger partial charge >= 0.3 is 0 Å². The topological polar surface area (TPSA) is 55.1 Å². The van der Waals surface area contributed by atoms with Gasteiger partial charge in [-0.3, -0.25) is 9.67 Å². The molecule has 0 aromatic carbocycles. The monoisotopic (exact) mass is 225 g/mol. The second-order valence-electron chi connectivity index (χ2n) is 3.52. The van der Waals surface area contributed by atoms with Crippen molar-refractivity contribution in [1.29, 1.82) is 0 Å². The average molecular weight is 225 g/mol. The summed E-state index contributed by atoms with van der Waals surface area (Å²) >= 11 is 1.78. The highest BCUT2D eigenvalue weighted by Crippen LogP contribution is 2.15. The molecule has 0 saturated carbocycles. The zero-order valence-electron chi connectivity index (χ0n) is 8.97. The zero-order valence-corrected chi connectivity index (χ0v) is 9.79. The van der Waals surface area contributed by atoms with Crippen molar-refractivity contribution in [3.63, 3.8) is 0 Å². The number of aromatic nitrogens is 3. The molecule has 1 aromatic rings. The first kappa shape index (κ1) is 10.5. The first-order valence-electron chi connectivity index (χ1n) is 5.06. The van der Waals surface area contributed by atoms with Crippen LogP contribution in [-0.2, 0) is 13.6 Å². The summed E-state index contributed by atoms with van der Waals surface area (Å²) in [7, 11) is 1.86. The van der Waals surface area contributed by atoms with E-state index >= 15 is 0 Å². The van der Waals surface area contributed by atoms with E-state index in [2.05, 4.69) is 27.3 Å². The highest BCUT2D eigenvalue weighted by molar-refractivity contribution is 8.14. The van der Waals surface area contributed by atoms with Crippen LogP contribution < -0.4 is 5.32 Å². The van der Waals surface area contributed by atoms with Crippen LogP contribution >= 0.6 is 11.8 Å². The molecule has 2 rings (SSSR count). The first-order chi connectivity index (χ1) is 7.28. The summed E-state index contributed by atoms with van der Waals surface area (Å²) in [6.07, 6.45) is 2.84. The third-order valence-electron chi connectivity index (χ3n) is 2.25. The molecule has 5 nitrogen and oxygen atoms in total. The number of hydrogen-bond donors (Lipinski definition) is 1. The lowest BCUT2D eigenvalue weighted by Gasteiger charge is -2.03. The predicted octanol–water partition coefficient (Wildman–Crippen LogP) is 0.786. The van der Waals surface area contributed by atoms with Gasteiger partial charge in [0.1, 0.15) is 12.9 Å². The van der Waals surface area contributed by atoms with Crippen molar-refractivity contribution in [2.45, 2.75) is 25.9 Å². The third kappa shape index (κ3) is 2.71. The largest absolute Gasteiger partial charge is 0.361 e. The van der Waals surface area contributed by atoms with Gasteiger partial charge in [0, 0.05) is 18.8 Å². The second kappa shape index (κ2) is 4.65. The fraction of sp³-hybridized carbons (Fsp3) is 0.667. The summed E-state index contributed by atoms with van der Waals surface area (Å²) in [5, 5.41) is 8.56. The van der Waals surface area contributed by atoms with Gasteiger partial charge in [-0.15, -0.1) is 0 Å². The summed E-state index contributed by atoms with van der Waals surface area (Å²) < 4.78 is 1.69. The van der Waals surface area contributed by atoms with E-state index in [1.165, 1.54) is 0 Å². The van der Waals surface area contributed by atoms with Gasteiger partial charge in [-0.05, 0) is 6.42 Å². The SMILES string of the molecule is CCC1CSC(=NCc2ncn(C)n2)N1. The molecule has 6 heteroatoms. The van der Waals surface area contributed by atoms with Gasteiger partial charge in [-0.1, -0.05) is 18.7 Å². The number of nitrogens with one attached hydrogen (secondary N) is 1. The van der Waals surface area contributed by atoms with Crippen molar-refractivity contribution in [3.8, 4) is 0 Å². The van der Waals surface area contributed by atoms with Crippen LogP contribution in [0.2, 0.25) is 0 Å². The molecular weight excluding hydrogens is 210 g/mol. The van der Waals surface area contributed by atoms with E-state index < -0.39 is 0 Å². The molecule has 15 heavy (non-hydrogen) atoms. The quantitative estimate of drug-likeness (QED) is 0.826. The van der Waals surface area contributed by atoms with Crippen molar-refractivity contribution in [1.82, 2.24) is 20.1 Å². The van der Waals surface area contributed by atoms with E-state index in [0.717, 1.165) is 23.2 Å². The molecule has 1 fully saturated rings. The van der Waals surface area contributed by atoms with Crippen LogP contribution in [0.15, 0.2) is 11.3 Å². The number of thioether (sulfide) groups is 1. The van der Waals surface area contributed by atoms with Crippen LogP contribution in [-0.4, -0.2) is 31.7 Å². The second-order valence-corrected chi connectivity index (χ2v) is 4.53. The Labute approximate surface area is 93.4 Å². The molecule has 1 aliphatic rings. The average Bonchev–Trinajstić information content (AvgIpc) is 2.83. The van der Waals surface area contributed by atoms with Gasteiger partial charge in [0.25, 0.3) is 0 Å². The Morgan fingerprint density at radius 3 is 3.20 bits per heavy atom. The minimum atomic E-state index is 0.562. The van der Waals surface area contributed by atoms with E-state index in [9.17, 15) is 0 Å². The molecule has 0 radical (unpaired) electrons. The van der Waals surface area contributed by atoms with Crippen LogP contribution in [0.4, 0.5) is 0 Å². The maximum absolute atomic E-state index is 4.44. The Kier molecular flexibility index (Phi) is 3.25. The van der Waals surface area contributed by atoms with Crippen molar-refractivity contribution >= 4 is 16.9 Å². The first-order valence-corrected chi connectivity index (χ1v) is 6.04. The Morgan fingerprint density at radius 2 is 2.60 bits per heavy atom. The van der Waals surface area contributed by atoms with Crippen molar-refractivity contribution in [3.05, 3.63) is 12.2 Å². The molecular formula is C9H15N5S. The van der Waals surface area contributed by atoms with Gasteiger partial charge in [-0.25, -0.2) is 4.98 Å². The number of amidine groups is 1. The molecule has 1 atom stereocenters. The third-order valence-corrected chi connectivity index (χ3v) is 3.34. The number of aliphatic imine (C=N–C) groups is 1. The molecule has 1 unspecified atom stereocenters. The summed E-state index contributed by atoms with van der Waals surface area (Å²) in [6, 6.07) is 0.574. The van der Waals surface area contributed by atoms with Crippen LogP contribution in [0.5, 0.6) is 0 Å². The van der Waals surface area contributed by atoms with Gasteiger partial charge in [0.2, 0.25) is 0 Å². The fourth-order valence-corrected chi connectivity index (χ4v) is 2.43. The smallest absolute Gasteiger partial charge is 0.172 e. The van der Waals surface area contributed by atoms with Crippen molar-refractivity contribution < 1.29 is 0 Å². The summed E-state index contributed by atoms with van der Waals surface area (Å²) in [5.41, 5.74) is 0. The van der Waals surface area contributed by atoms with Crippen LogP contribution in [0.25, 0.3) is 0 Å². The number of rotatable bonds is 3. The lowest BCUT2D eigenvalue weighted by Crippen LogP contribution is -2.25. The van der Waals surface area contributed by atoms with E-state index in [1.54, 1.807) is 22.8 Å². The van der Waals surface area contributed by atoms with Crippen LogP contribution in [0, 0.1) is 0 Å². The normalized spacial score (nSPS) is 23.3. The molecule has 2 heterocycles. The number of nitrogens with zero attached hydrogens (tertiary/aromatic N) is 4. The number of aryl methyl sites for hydroxylation is 1. The van der Waals surface area contributed by atoms with Crippen molar-refractivity contribution in [2.75, 3.05) is 5.75 Å². The Balaban J connectivity index is 1.89. The summed E-state index contributed by atoms with van der Waals surface area (Å²) in [6.45, 7) is 2.74. The highest BCUT2D eigenvalue weighted by Gasteiger charge is 2.17. The predicted molar refractivity (Wildman–Crippen MR) is 61.8 cm³/mol. The molecule has 1 aliphatic heterocycles. The molecule has 0 bridgehead atoms. The molecule has 0 aliphatic carbocycles. The molecule has 1 N–H and O–H groups in total. The van der Waals surface area contributed by atoms with Gasteiger partial charge in [-0.2, -0.15) is 5.10 Å². The van der Waals surface area contributed by atoms with Crippen LogP contribution in [0.1, 0.15) is 19.2 Å². The Morgan fingerprint density at radius 1 is 1.73 bits per heavy atom. The lowest BCUT2D eigenvalue weighted by molar-refractivity contribution is 0.666. The fourth-order valence-electron chi connectivity index (χ4n) is 1.35. The standard InChI is InChI=1S/C9H15N5S/c1-3-7-5-15-9(12-7)10-4-8-11-6-14(2)13-8/h6-7H,3-5H2,1-2H3,(H,10,12). The summed E-state index contributed by atoms with van der Waals surface area (Å²) in [5.74, 6) is 1.89. The molecule has 0 amide bonds.